The second-order valence-corrected chi connectivity index (χ2v) is 11.8. The highest BCUT2D eigenvalue weighted by atomic mass is 35.5. The van der Waals surface area contributed by atoms with Gasteiger partial charge in [-0.25, -0.2) is 0 Å². The lowest BCUT2D eigenvalue weighted by Crippen LogP contribution is -2.25. The number of hydrogen-bond acceptors (Lipinski definition) is 7. The molecule has 0 spiro atoms. The maximum atomic E-state index is 14.6. The lowest BCUT2D eigenvalue weighted by Gasteiger charge is -2.20. The molecule has 0 atom stereocenters. The summed E-state index contributed by atoms with van der Waals surface area (Å²) in [6.45, 7) is 3.44. The molecule has 2 aliphatic heterocycles. The Hall–Kier alpha value is -3.75. The molecular weight excluding hydrogens is 638 g/mol. The minimum Gasteiger partial charge on any atom is -0.380 e. The molecule has 0 aromatic heterocycles. The van der Waals surface area contributed by atoms with Crippen LogP contribution >= 0.6 is 46.4 Å². The molecule has 44 heavy (non-hydrogen) atoms. The summed E-state index contributed by atoms with van der Waals surface area (Å²) in [5.74, 6) is 1.38. The van der Waals surface area contributed by atoms with Crippen LogP contribution in [0.1, 0.15) is 38.2 Å². The van der Waals surface area contributed by atoms with Crippen LogP contribution in [-0.4, -0.2) is 43.6 Å². The predicted octanol–water partition coefficient (Wildman–Crippen LogP) is 7.46. The number of hydrogen-bond donors (Lipinski definition) is 4. The molecule has 6 rings (SSSR count). The molecule has 0 fully saturated rings. The molecule has 0 saturated heterocycles. The molecule has 2 heterocycles. The number of carbonyl (C=O) groups is 1. The summed E-state index contributed by atoms with van der Waals surface area (Å²) >= 11 is 25.5. The van der Waals surface area contributed by atoms with E-state index in [4.69, 9.17) is 46.4 Å². The normalized spacial score (nSPS) is 14.0. The first-order valence-corrected chi connectivity index (χ1v) is 15.6. The van der Waals surface area contributed by atoms with Gasteiger partial charge in [0.2, 0.25) is 0 Å². The Balaban J connectivity index is 1.42. The van der Waals surface area contributed by atoms with Crippen molar-refractivity contribution in [3.8, 4) is 0 Å². The Bertz CT molecular complexity index is 1680. The number of anilines is 2. The predicted molar refractivity (Wildman–Crippen MR) is 183 cm³/mol. The SMILES string of the molecule is O=C(c1cccc(C2=NCCN2)c1CNc1cccc(Cl)c1Cl)c1cccc(C2=NCCN2)c1CNc1cccc(Cl)c1Cl. The molecule has 224 valence electrons. The number of rotatable bonds is 10. The van der Waals surface area contributed by atoms with Gasteiger partial charge in [0.1, 0.15) is 11.7 Å². The van der Waals surface area contributed by atoms with Crippen LogP contribution < -0.4 is 21.3 Å². The van der Waals surface area contributed by atoms with E-state index < -0.39 is 0 Å². The van der Waals surface area contributed by atoms with Crippen molar-refractivity contribution in [1.29, 1.82) is 0 Å². The molecule has 4 N–H and O–H groups in total. The zero-order chi connectivity index (χ0) is 30.6. The molecule has 0 bridgehead atoms. The largest absolute Gasteiger partial charge is 0.380 e. The van der Waals surface area contributed by atoms with E-state index in [-0.39, 0.29) is 5.78 Å². The highest BCUT2D eigenvalue weighted by Crippen LogP contribution is 2.33. The number of amidine groups is 2. The topological polar surface area (TPSA) is 89.9 Å². The molecular formula is C33H28Cl4N6O. The summed E-state index contributed by atoms with van der Waals surface area (Å²) in [4.78, 5) is 23.9. The van der Waals surface area contributed by atoms with Crippen molar-refractivity contribution in [3.63, 3.8) is 0 Å². The van der Waals surface area contributed by atoms with E-state index in [1.807, 2.05) is 60.7 Å². The number of aliphatic imine (C=N–C) groups is 2. The van der Waals surface area contributed by atoms with Crippen LogP contribution in [0.3, 0.4) is 0 Å². The smallest absolute Gasteiger partial charge is 0.193 e. The standard InChI is InChI=1S/C33H28Cl4N6O/c34-25-9-3-11-27(29(25)36)42-17-23-19(5-1-7-21(23)32-38-13-14-39-32)31(44)20-6-2-8-22(33-40-15-16-41-33)24(20)18-43-28-12-4-10-26(35)30(28)37/h1-12,42-43H,13-18H2,(H,38,39)(H,40,41). The molecule has 0 radical (unpaired) electrons. The van der Waals surface area contributed by atoms with Gasteiger partial charge >= 0.3 is 0 Å². The van der Waals surface area contributed by atoms with E-state index in [1.54, 1.807) is 12.1 Å². The third-order valence-electron chi connectivity index (χ3n) is 7.51. The van der Waals surface area contributed by atoms with E-state index in [1.165, 1.54) is 0 Å². The number of carbonyl (C=O) groups excluding carboxylic acids is 1. The summed E-state index contributed by atoms with van der Waals surface area (Å²) in [6, 6.07) is 22.2. The van der Waals surface area contributed by atoms with Gasteiger partial charge in [0.05, 0.1) is 44.6 Å². The number of benzene rings is 4. The van der Waals surface area contributed by atoms with Gasteiger partial charge in [0.15, 0.2) is 5.78 Å². The van der Waals surface area contributed by atoms with Crippen LogP contribution in [-0.2, 0) is 13.1 Å². The number of ketones is 1. The second-order valence-electron chi connectivity index (χ2n) is 10.2. The molecule has 2 aliphatic rings. The van der Waals surface area contributed by atoms with Gasteiger partial charge in [0, 0.05) is 48.4 Å². The molecule has 4 aromatic rings. The number of nitrogens with one attached hydrogen (secondary N) is 4. The number of halogens is 4. The molecule has 0 unspecified atom stereocenters. The molecule has 11 heteroatoms. The minimum atomic E-state index is -0.131. The van der Waals surface area contributed by atoms with Crippen molar-refractivity contribution in [2.24, 2.45) is 9.98 Å². The Morgan fingerprint density at radius 1 is 0.636 bits per heavy atom. The van der Waals surface area contributed by atoms with Crippen LogP contribution in [0.2, 0.25) is 20.1 Å². The Labute approximate surface area is 275 Å². The van der Waals surface area contributed by atoms with E-state index in [2.05, 4.69) is 31.3 Å². The lowest BCUT2D eigenvalue weighted by molar-refractivity contribution is 0.103. The average Bonchev–Trinajstić information content (AvgIpc) is 3.77. The lowest BCUT2D eigenvalue weighted by atomic mass is 9.89. The van der Waals surface area contributed by atoms with Crippen molar-refractivity contribution in [2.45, 2.75) is 13.1 Å². The fourth-order valence-electron chi connectivity index (χ4n) is 5.37. The van der Waals surface area contributed by atoms with Gasteiger partial charge < -0.3 is 21.3 Å². The minimum absolute atomic E-state index is 0.131. The highest BCUT2D eigenvalue weighted by molar-refractivity contribution is 6.44. The van der Waals surface area contributed by atoms with E-state index in [0.717, 1.165) is 47.0 Å². The quantitative estimate of drug-likeness (QED) is 0.132. The van der Waals surface area contributed by atoms with Gasteiger partial charge in [0.25, 0.3) is 0 Å². The van der Waals surface area contributed by atoms with Crippen LogP contribution in [0.25, 0.3) is 0 Å². The summed E-state index contributed by atoms with van der Waals surface area (Å²) in [5.41, 5.74) is 5.72. The van der Waals surface area contributed by atoms with Crippen molar-refractivity contribution >= 4 is 75.2 Å². The van der Waals surface area contributed by atoms with E-state index in [0.29, 0.717) is 68.8 Å². The van der Waals surface area contributed by atoms with Crippen molar-refractivity contribution in [3.05, 3.63) is 126 Å². The first kappa shape index (κ1) is 30.3. The van der Waals surface area contributed by atoms with Gasteiger partial charge in [-0.2, -0.15) is 0 Å². The first-order chi connectivity index (χ1) is 21.4. The fraction of sp³-hybridized carbons (Fsp3) is 0.182. The summed E-state index contributed by atoms with van der Waals surface area (Å²) < 4.78 is 0. The van der Waals surface area contributed by atoms with E-state index >= 15 is 0 Å². The van der Waals surface area contributed by atoms with Gasteiger partial charge in [-0.1, -0.05) is 94.9 Å². The number of nitrogens with zero attached hydrogens (tertiary/aromatic N) is 2. The van der Waals surface area contributed by atoms with Crippen LogP contribution in [0, 0.1) is 0 Å². The van der Waals surface area contributed by atoms with Gasteiger partial charge in [-0.15, -0.1) is 0 Å². The zero-order valence-electron chi connectivity index (χ0n) is 23.5. The second kappa shape index (κ2) is 13.5. The third-order valence-corrected chi connectivity index (χ3v) is 9.15. The summed E-state index contributed by atoms with van der Waals surface area (Å²) in [7, 11) is 0. The van der Waals surface area contributed by atoms with Gasteiger partial charge in [-0.3, -0.25) is 14.8 Å². The fourth-order valence-corrected chi connectivity index (χ4v) is 6.11. The molecule has 0 aliphatic carbocycles. The summed E-state index contributed by atoms with van der Waals surface area (Å²) in [6.07, 6.45) is 0. The molecule has 7 nitrogen and oxygen atoms in total. The maximum Gasteiger partial charge on any atom is 0.193 e. The zero-order valence-corrected chi connectivity index (χ0v) is 26.5. The van der Waals surface area contributed by atoms with Crippen molar-refractivity contribution in [2.75, 3.05) is 36.8 Å². The molecule has 0 saturated carbocycles. The third kappa shape index (κ3) is 6.24. The summed E-state index contributed by atoms with van der Waals surface area (Å²) in [5, 5.41) is 15.2. The Kier molecular flexibility index (Phi) is 9.28. The Morgan fingerprint density at radius 3 is 1.48 bits per heavy atom. The van der Waals surface area contributed by atoms with E-state index in [9.17, 15) is 4.79 Å². The molecule has 4 aromatic carbocycles. The monoisotopic (exact) mass is 664 g/mol. The molecule has 0 amide bonds. The van der Waals surface area contributed by atoms with Crippen molar-refractivity contribution in [1.82, 2.24) is 10.6 Å². The van der Waals surface area contributed by atoms with Crippen LogP contribution in [0.15, 0.2) is 82.8 Å². The van der Waals surface area contributed by atoms with Gasteiger partial charge in [-0.05, 0) is 35.4 Å². The van der Waals surface area contributed by atoms with Crippen molar-refractivity contribution < 1.29 is 4.79 Å². The first-order valence-electron chi connectivity index (χ1n) is 14.1. The van der Waals surface area contributed by atoms with Crippen LogP contribution in [0.4, 0.5) is 11.4 Å². The Morgan fingerprint density at radius 2 is 1.07 bits per heavy atom. The van der Waals surface area contributed by atoms with Crippen LogP contribution in [0.5, 0.6) is 0 Å². The maximum absolute atomic E-state index is 14.6. The average molecular weight is 666 g/mol. The highest BCUT2D eigenvalue weighted by Gasteiger charge is 2.25.